The van der Waals surface area contributed by atoms with Crippen molar-refractivity contribution in [1.29, 1.82) is 0 Å². The van der Waals surface area contributed by atoms with E-state index in [0.717, 1.165) is 6.07 Å². The van der Waals surface area contributed by atoms with Crippen LogP contribution < -0.4 is 9.61 Å². The Balaban J connectivity index is 1.79. The zero-order valence-corrected chi connectivity index (χ0v) is 14.5. The van der Waals surface area contributed by atoms with Crippen molar-refractivity contribution in [1.82, 2.24) is 4.98 Å². The van der Waals surface area contributed by atoms with E-state index >= 15 is 0 Å². The number of aromatic nitrogens is 1. The summed E-state index contributed by atoms with van der Waals surface area (Å²) in [6, 6.07) is 8.14. The van der Waals surface area contributed by atoms with Gasteiger partial charge in [-0.3, -0.25) is 4.79 Å². The molecule has 4 rings (SSSR count). The van der Waals surface area contributed by atoms with E-state index in [1.165, 1.54) is 30.3 Å². The van der Waals surface area contributed by atoms with Crippen LogP contribution in [0.5, 0.6) is 5.75 Å². The molecule has 0 atom stereocenters. The van der Waals surface area contributed by atoms with Gasteiger partial charge in [-0.25, -0.2) is 18.2 Å². The summed E-state index contributed by atoms with van der Waals surface area (Å²) >= 11 is 0. The molecule has 0 aromatic heterocycles. The maximum absolute atomic E-state index is 13.8. The number of hydrogen-bond acceptors (Lipinski definition) is 6. The number of halogens is 3. The summed E-state index contributed by atoms with van der Waals surface area (Å²) in [5, 5.41) is 0. The predicted octanol–water partition coefficient (Wildman–Crippen LogP) is 3.48. The molecule has 0 unspecified atom stereocenters. The van der Waals surface area contributed by atoms with Gasteiger partial charge in [0, 0.05) is 24.3 Å². The van der Waals surface area contributed by atoms with Crippen LogP contribution in [0.4, 0.5) is 13.2 Å². The van der Waals surface area contributed by atoms with Gasteiger partial charge in [0.1, 0.15) is 22.8 Å². The van der Waals surface area contributed by atoms with Crippen LogP contribution in [0.3, 0.4) is 0 Å². The molecule has 0 N–H and O–H groups in total. The molecule has 0 spiro atoms. The van der Waals surface area contributed by atoms with Crippen LogP contribution in [0.15, 0.2) is 62.6 Å². The zero-order valence-electron chi connectivity index (χ0n) is 13.6. The topological polar surface area (TPSA) is 86.5 Å². The second kappa shape index (κ2) is 6.34. The second-order valence-electron chi connectivity index (χ2n) is 5.71. The average molecular weight is 407 g/mol. The van der Waals surface area contributed by atoms with Gasteiger partial charge in [-0.05, 0) is 24.3 Å². The first-order valence-electron chi connectivity index (χ1n) is 7.67. The highest BCUT2D eigenvalue weighted by Crippen LogP contribution is 2.29. The first-order chi connectivity index (χ1) is 13.2. The number of nitrogens with zero attached hydrogens (tertiary/aromatic N) is 1. The van der Waals surface area contributed by atoms with Gasteiger partial charge in [-0.1, -0.05) is 0 Å². The minimum Gasteiger partial charge on any atom is -0.453 e. The number of hydrogen-bond donors (Lipinski definition) is 0. The van der Waals surface area contributed by atoms with E-state index in [2.05, 4.69) is 4.98 Å². The van der Waals surface area contributed by atoms with Crippen molar-refractivity contribution in [2.24, 2.45) is 0 Å². The summed E-state index contributed by atoms with van der Waals surface area (Å²) in [7, 11) is -4.94. The Bertz CT molecular complexity index is 1340. The number of fused-ring (bicyclic) bond motifs is 2. The van der Waals surface area contributed by atoms with Crippen molar-refractivity contribution in [2.45, 2.75) is 4.90 Å². The summed E-state index contributed by atoms with van der Waals surface area (Å²) in [4.78, 5) is 14.3. The molecule has 142 valence electrons. The highest BCUT2D eigenvalue weighted by molar-refractivity contribution is 7.87. The van der Waals surface area contributed by atoms with E-state index < -0.39 is 32.5 Å². The molecular weight excluding hydrogens is 399 g/mol. The molecule has 2 aromatic rings. The first-order valence-corrected chi connectivity index (χ1v) is 9.07. The van der Waals surface area contributed by atoms with Gasteiger partial charge in [0.25, 0.3) is 0 Å². The zero-order chi connectivity index (χ0) is 20.1. The Morgan fingerprint density at radius 1 is 0.929 bits per heavy atom. The fourth-order valence-electron chi connectivity index (χ4n) is 2.57. The second-order valence-corrected chi connectivity index (χ2v) is 7.19. The molecule has 1 heterocycles. The molecule has 28 heavy (non-hydrogen) atoms. The minimum absolute atomic E-state index is 0.0749. The molecule has 0 saturated heterocycles. The normalized spacial score (nSPS) is 11.8. The third-order valence-corrected chi connectivity index (χ3v) is 5.04. The Kier molecular flexibility index (Phi) is 4.07. The van der Waals surface area contributed by atoms with Crippen LogP contribution >= 0.6 is 0 Å². The van der Waals surface area contributed by atoms with Crippen molar-refractivity contribution in [2.75, 3.05) is 0 Å². The average Bonchev–Trinajstić information content (AvgIpc) is 2.58. The standard InChI is InChI=1S/C18H8F3NO5S/c19-9-5-12(20)18(13(21)6-9)28(24,25)27-11-2-4-15-17(8-11)26-16-7-10(23)1-3-14(16)22-15/h1-8H. The molecular formula is C18H8F3NO5S. The third-order valence-electron chi connectivity index (χ3n) is 3.74. The lowest BCUT2D eigenvalue weighted by Crippen LogP contribution is -2.14. The predicted molar refractivity (Wildman–Crippen MR) is 91.0 cm³/mol. The SMILES string of the molecule is O=c1ccc2nc3ccc(OS(=O)(=O)c4c(F)cc(F)cc4F)cc3oc-2c1. The van der Waals surface area contributed by atoms with E-state index in [9.17, 15) is 26.4 Å². The van der Waals surface area contributed by atoms with Gasteiger partial charge in [-0.15, -0.1) is 0 Å². The molecule has 0 radical (unpaired) electrons. The maximum atomic E-state index is 13.8. The molecule has 6 nitrogen and oxygen atoms in total. The fraction of sp³-hybridized carbons (Fsp3) is 0. The van der Waals surface area contributed by atoms with Crippen molar-refractivity contribution in [3.8, 4) is 17.2 Å². The summed E-state index contributed by atoms with van der Waals surface area (Å²) < 4.78 is 75.3. The van der Waals surface area contributed by atoms with Crippen LogP contribution in [0.1, 0.15) is 0 Å². The number of benzene rings is 3. The Labute approximate surface area is 155 Å². The molecule has 0 bridgehead atoms. The van der Waals surface area contributed by atoms with Crippen LogP contribution in [-0.4, -0.2) is 13.4 Å². The van der Waals surface area contributed by atoms with Gasteiger partial charge >= 0.3 is 10.1 Å². The molecule has 0 amide bonds. The molecule has 10 heteroatoms. The molecule has 1 aliphatic carbocycles. The lowest BCUT2D eigenvalue weighted by molar-refractivity contribution is 0.453. The highest BCUT2D eigenvalue weighted by Gasteiger charge is 2.27. The number of rotatable bonds is 3. The fourth-order valence-corrected chi connectivity index (χ4v) is 3.61. The van der Waals surface area contributed by atoms with E-state index in [0.29, 0.717) is 11.2 Å². The van der Waals surface area contributed by atoms with Crippen LogP contribution in [-0.2, 0) is 10.1 Å². The molecule has 1 aliphatic heterocycles. The Morgan fingerprint density at radius 3 is 2.36 bits per heavy atom. The van der Waals surface area contributed by atoms with Gasteiger partial charge in [0.15, 0.2) is 33.3 Å². The first kappa shape index (κ1) is 18.0. The van der Waals surface area contributed by atoms with Gasteiger partial charge in [-0.2, -0.15) is 8.42 Å². The quantitative estimate of drug-likeness (QED) is 0.382. The summed E-state index contributed by atoms with van der Waals surface area (Å²) in [6.45, 7) is 0. The molecule has 2 aliphatic rings. The van der Waals surface area contributed by atoms with E-state index in [1.54, 1.807) is 0 Å². The van der Waals surface area contributed by atoms with Gasteiger partial charge in [0.2, 0.25) is 0 Å². The highest BCUT2D eigenvalue weighted by atomic mass is 32.2. The third kappa shape index (κ3) is 3.18. The van der Waals surface area contributed by atoms with Crippen LogP contribution in [0, 0.1) is 17.5 Å². The van der Waals surface area contributed by atoms with Crippen molar-refractivity contribution in [3.05, 3.63) is 76.2 Å². The summed E-state index contributed by atoms with van der Waals surface area (Å²) in [5.74, 6) is -4.68. The van der Waals surface area contributed by atoms with Gasteiger partial charge < -0.3 is 8.60 Å². The van der Waals surface area contributed by atoms with Crippen molar-refractivity contribution in [3.63, 3.8) is 0 Å². The van der Waals surface area contributed by atoms with Crippen LogP contribution in [0.2, 0.25) is 0 Å². The monoisotopic (exact) mass is 407 g/mol. The summed E-state index contributed by atoms with van der Waals surface area (Å²) in [5.41, 5.74) is 0.499. The largest absolute Gasteiger partial charge is 0.453 e. The molecule has 2 aromatic carbocycles. The van der Waals surface area contributed by atoms with E-state index in [-0.39, 0.29) is 34.7 Å². The minimum atomic E-state index is -4.94. The van der Waals surface area contributed by atoms with Crippen molar-refractivity contribution < 1.29 is 30.2 Å². The Hall–Kier alpha value is -3.40. The van der Waals surface area contributed by atoms with E-state index in [1.807, 2.05) is 0 Å². The summed E-state index contributed by atoms with van der Waals surface area (Å²) in [6.07, 6.45) is 0. The maximum Gasteiger partial charge on any atom is 0.345 e. The molecule has 0 saturated carbocycles. The molecule has 0 fully saturated rings. The lowest BCUT2D eigenvalue weighted by atomic mass is 10.2. The van der Waals surface area contributed by atoms with Crippen molar-refractivity contribution >= 4 is 21.2 Å². The Morgan fingerprint density at radius 2 is 1.64 bits per heavy atom. The van der Waals surface area contributed by atoms with Gasteiger partial charge in [0.05, 0.1) is 0 Å². The smallest absolute Gasteiger partial charge is 0.345 e. The van der Waals surface area contributed by atoms with Crippen LogP contribution in [0.25, 0.3) is 22.6 Å². The lowest BCUT2D eigenvalue weighted by Gasteiger charge is -2.10. The van der Waals surface area contributed by atoms with E-state index in [4.69, 9.17) is 8.60 Å².